The van der Waals surface area contributed by atoms with Gasteiger partial charge in [-0.15, -0.1) is 0 Å². The molecule has 1 saturated heterocycles. The van der Waals surface area contributed by atoms with E-state index in [1.165, 1.54) is 9.87 Å². The van der Waals surface area contributed by atoms with Gasteiger partial charge in [0, 0.05) is 19.6 Å². The van der Waals surface area contributed by atoms with Crippen LogP contribution in [0.3, 0.4) is 0 Å². The first-order valence-electron chi connectivity index (χ1n) is 9.55. The van der Waals surface area contributed by atoms with E-state index in [4.69, 9.17) is 4.52 Å². The first-order chi connectivity index (χ1) is 13.3. The van der Waals surface area contributed by atoms with Crippen LogP contribution in [-0.4, -0.2) is 43.4 Å². The molecular formula is C20H27N3O4S. The zero-order chi connectivity index (χ0) is 20.3. The molecule has 1 aromatic carbocycles. The predicted molar refractivity (Wildman–Crippen MR) is 105 cm³/mol. The van der Waals surface area contributed by atoms with Crippen LogP contribution in [0.25, 0.3) is 0 Å². The Bertz CT molecular complexity index is 915. The highest BCUT2D eigenvalue weighted by molar-refractivity contribution is 7.89. The van der Waals surface area contributed by atoms with E-state index in [0.717, 1.165) is 12.0 Å². The molecule has 1 aromatic heterocycles. The standard InChI is InChI=1S/C20H27N3O4S/c1-14-6-8-17(9-7-14)10-11-21-20(24)18-5-4-12-23(13-18)28(25,26)19-15(2)22-27-16(19)3/h6-9,18H,4-5,10-13H2,1-3H3,(H,21,24)/t18-/m1/s1. The van der Waals surface area contributed by atoms with E-state index >= 15 is 0 Å². The van der Waals surface area contributed by atoms with E-state index in [9.17, 15) is 13.2 Å². The number of aryl methyl sites for hydroxylation is 3. The molecule has 3 rings (SSSR count). The molecule has 0 unspecified atom stereocenters. The molecule has 8 heteroatoms. The van der Waals surface area contributed by atoms with Gasteiger partial charge in [0.05, 0.1) is 5.92 Å². The van der Waals surface area contributed by atoms with Gasteiger partial charge in [-0.25, -0.2) is 8.42 Å². The van der Waals surface area contributed by atoms with Crippen LogP contribution in [-0.2, 0) is 21.2 Å². The van der Waals surface area contributed by atoms with Gasteiger partial charge in [0.2, 0.25) is 15.9 Å². The number of rotatable bonds is 6. The maximum absolute atomic E-state index is 13.0. The fourth-order valence-corrected chi connectivity index (χ4v) is 5.39. The van der Waals surface area contributed by atoms with Gasteiger partial charge in [-0.05, 0) is 45.6 Å². The summed E-state index contributed by atoms with van der Waals surface area (Å²) in [6.07, 6.45) is 2.09. The van der Waals surface area contributed by atoms with Crippen LogP contribution in [0, 0.1) is 26.7 Å². The Balaban J connectivity index is 1.59. The van der Waals surface area contributed by atoms with Gasteiger partial charge < -0.3 is 9.84 Å². The van der Waals surface area contributed by atoms with Crippen molar-refractivity contribution in [1.82, 2.24) is 14.8 Å². The Morgan fingerprint density at radius 1 is 1.25 bits per heavy atom. The minimum absolute atomic E-state index is 0.0919. The molecule has 0 spiro atoms. The monoisotopic (exact) mass is 405 g/mol. The highest BCUT2D eigenvalue weighted by Gasteiger charge is 2.36. The molecule has 0 aliphatic carbocycles. The fraction of sp³-hybridized carbons (Fsp3) is 0.500. The average molecular weight is 406 g/mol. The molecule has 1 aliphatic heterocycles. The van der Waals surface area contributed by atoms with Crippen LogP contribution in [0.4, 0.5) is 0 Å². The van der Waals surface area contributed by atoms with Gasteiger partial charge in [-0.2, -0.15) is 4.31 Å². The van der Waals surface area contributed by atoms with Crippen molar-refractivity contribution in [2.75, 3.05) is 19.6 Å². The third kappa shape index (κ3) is 4.44. The Morgan fingerprint density at radius 2 is 1.96 bits per heavy atom. The largest absolute Gasteiger partial charge is 0.360 e. The van der Waals surface area contributed by atoms with Crippen molar-refractivity contribution in [3.05, 3.63) is 46.8 Å². The molecule has 2 aromatic rings. The number of nitrogens with zero attached hydrogens (tertiary/aromatic N) is 2. The maximum atomic E-state index is 13.0. The summed E-state index contributed by atoms with van der Waals surface area (Å²) < 4.78 is 32.4. The second kappa shape index (κ2) is 8.45. The lowest BCUT2D eigenvalue weighted by Gasteiger charge is -2.31. The summed E-state index contributed by atoms with van der Waals surface area (Å²) in [5.74, 6) is -0.157. The molecular weight excluding hydrogens is 378 g/mol. The van der Waals surface area contributed by atoms with Crippen molar-refractivity contribution < 1.29 is 17.7 Å². The van der Waals surface area contributed by atoms with E-state index in [0.29, 0.717) is 31.6 Å². The van der Waals surface area contributed by atoms with Crippen LogP contribution in [0.15, 0.2) is 33.7 Å². The Labute approximate surface area is 166 Å². The zero-order valence-electron chi connectivity index (χ0n) is 16.6. The van der Waals surface area contributed by atoms with Crippen LogP contribution in [0.2, 0.25) is 0 Å². The molecule has 1 amide bonds. The minimum Gasteiger partial charge on any atom is -0.360 e. The quantitative estimate of drug-likeness (QED) is 0.796. The molecule has 28 heavy (non-hydrogen) atoms. The van der Waals surface area contributed by atoms with Crippen LogP contribution in [0.1, 0.15) is 35.4 Å². The zero-order valence-corrected chi connectivity index (χ0v) is 17.4. The highest BCUT2D eigenvalue weighted by Crippen LogP contribution is 2.27. The Morgan fingerprint density at radius 3 is 2.61 bits per heavy atom. The lowest BCUT2D eigenvalue weighted by atomic mass is 9.98. The van der Waals surface area contributed by atoms with E-state index in [2.05, 4.69) is 34.7 Å². The highest BCUT2D eigenvalue weighted by atomic mass is 32.2. The van der Waals surface area contributed by atoms with Gasteiger partial charge in [-0.3, -0.25) is 4.79 Å². The van der Waals surface area contributed by atoms with Crippen LogP contribution < -0.4 is 5.32 Å². The summed E-state index contributed by atoms with van der Waals surface area (Å²) in [6.45, 7) is 6.36. The van der Waals surface area contributed by atoms with Crippen molar-refractivity contribution in [1.29, 1.82) is 0 Å². The summed E-state index contributed by atoms with van der Waals surface area (Å²) in [4.78, 5) is 12.7. The van der Waals surface area contributed by atoms with Crippen LogP contribution in [0.5, 0.6) is 0 Å². The summed E-state index contributed by atoms with van der Waals surface area (Å²) in [7, 11) is -3.72. The maximum Gasteiger partial charge on any atom is 0.248 e. The number of hydrogen-bond donors (Lipinski definition) is 1. The number of carbonyl (C=O) groups is 1. The number of piperidine rings is 1. The lowest BCUT2D eigenvalue weighted by Crippen LogP contribution is -2.45. The van der Waals surface area contributed by atoms with Crippen LogP contribution >= 0.6 is 0 Å². The summed E-state index contributed by atoms with van der Waals surface area (Å²) in [6, 6.07) is 8.21. The number of sulfonamides is 1. The van der Waals surface area contributed by atoms with Gasteiger partial charge >= 0.3 is 0 Å². The van der Waals surface area contributed by atoms with Crippen molar-refractivity contribution in [2.45, 2.75) is 44.9 Å². The molecule has 7 nitrogen and oxygen atoms in total. The first kappa shape index (κ1) is 20.5. The van der Waals surface area contributed by atoms with Gasteiger partial charge in [0.1, 0.15) is 10.6 Å². The second-order valence-corrected chi connectivity index (χ2v) is 9.26. The van der Waals surface area contributed by atoms with Crippen molar-refractivity contribution >= 4 is 15.9 Å². The normalized spacial score (nSPS) is 18.2. The second-order valence-electron chi connectivity index (χ2n) is 7.38. The fourth-order valence-electron chi connectivity index (χ4n) is 3.58. The van der Waals surface area contributed by atoms with Crippen molar-refractivity contribution in [3.63, 3.8) is 0 Å². The third-order valence-electron chi connectivity index (χ3n) is 5.15. The van der Waals surface area contributed by atoms with E-state index in [1.54, 1.807) is 13.8 Å². The van der Waals surface area contributed by atoms with Crippen molar-refractivity contribution in [3.8, 4) is 0 Å². The Hall–Kier alpha value is -2.19. The number of benzene rings is 1. The number of nitrogens with one attached hydrogen (secondary N) is 1. The molecule has 1 atom stereocenters. The molecule has 1 fully saturated rings. The topological polar surface area (TPSA) is 92.5 Å². The number of aromatic nitrogens is 1. The molecule has 1 N–H and O–H groups in total. The molecule has 0 radical (unpaired) electrons. The van der Waals surface area contributed by atoms with Gasteiger partial charge in [0.25, 0.3) is 0 Å². The Kier molecular flexibility index (Phi) is 6.20. The molecule has 0 bridgehead atoms. The third-order valence-corrected chi connectivity index (χ3v) is 7.26. The molecule has 1 aliphatic rings. The summed E-state index contributed by atoms with van der Waals surface area (Å²) in [5.41, 5.74) is 2.72. The summed E-state index contributed by atoms with van der Waals surface area (Å²) in [5, 5.41) is 6.70. The summed E-state index contributed by atoms with van der Waals surface area (Å²) >= 11 is 0. The molecule has 0 saturated carbocycles. The number of amides is 1. The SMILES string of the molecule is Cc1ccc(CCNC(=O)[C@@H]2CCCN(S(=O)(=O)c3c(C)noc3C)C2)cc1. The molecule has 152 valence electrons. The van der Waals surface area contributed by atoms with Gasteiger partial charge in [-0.1, -0.05) is 35.0 Å². The first-order valence-corrected chi connectivity index (χ1v) is 11.0. The van der Waals surface area contributed by atoms with E-state index in [-0.39, 0.29) is 29.0 Å². The van der Waals surface area contributed by atoms with E-state index < -0.39 is 10.0 Å². The number of carbonyl (C=O) groups excluding carboxylic acids is 1. The van der Waals surface area contributed by atoms with Crippen molar-refractivity contribution in [2.24, 2.45) is 5.92 Å². The molecule has 2 heterocycles. The predicted octanol–water partition coefficient (Wildman–Crippen LogP) is 2.36. The average Bonchev–Trinajstić information content (AvgIpc) is 3.02. The van der Waals surface area contributed by atoms with Gasteiger partial charge in [0.15, 0.2) is 5.76 Å². The lowest BCUT2D eigenvalue weighted by molar-refractivity contribution is -0.126. The smallest absolute Gasteiger partial charge is 0.248 e. The minimum atomic E-state index is -3.72. The van der Waals surface area contributed by atoms with E-state index in [1.807, 2.05) is 6.92 Å². The number of hydrogen-bond acceptors (Lipinski definition) is 5.